The Hall–Kier alpha value is -2.05. The number of carbonyl (C=O) groups excluding carboxylic acids is 2. The molecule has 0 bridgehead atoms. The van der Waals surface area contributed by atoms with Gasteiger partial charge < -0.3 is 9.80 Å². The first-order valence-electron chi connectivity index (χ1n) is 6.97. The van der Waals surface area contributed by atoms with Gasteiger partial charge in [-0.15, -0.1) is 0 Å². The average Bonchev–Trinajstić information content (AvgIpc) is 2.48. The molecule has 0 saturated carbocycles. The number of carbonyl (C=O) groups is 2. The molecule has 0 aromatic heterocycles. The average molecular weight is 314 g/mol. The van der Waals surface area contributed by atoms with E-state index in [2.05, 4.69) is 0 Å². The second-order valence-corrected chi connectivity index (χ2v) is 5.33. The van der Waals surface area contributed by atoms with Crippen LogP contribution in [0.1, 0.15) is 11.1 Å². The fraction of sp³-hybridized carbons (Fsp3) is 0.467. The molecule has 1 heterocycles. The van der Waals surface area contributed by atoms with Gasteiger partial charge in [-0.05, 0) is 12.5 Å². The largest absolute Gasteiger partial charge is 0.471 e. The van der Waals surface area contributed by atoms with Crippen molar-refractivity contribution in [2.45, 2.75) is 19.5 Å². The topological polar surface area (TPSA) is 40.6 Å². The number of hydrogen-bond donors (Lipinski definition) is 0. The molecule has 7 heteroatoms. The summed E-state index contributed by atoms with van der Waals surface area (Å²) in [6, 6.07) is 7.53. The van der Waals surface area contributed by atoms with Crippen LogP contribution in [0.5, 0.6) is 0 Å². The first-order valence-corrected chi connectivity index (χ1v) is 6.97. The summed E-state index contributed by atoms with van der Waals surface area (Å²) in [4.78, 5) is 25.5. The van der Waals surface area contributed by atoms with Gasteiger partial charge in [-0.2, -0.15) is 13.2 Å². The summed E-state index contributed by atoms with van der Waals surface area (Å²) in [7, 11) is 0. The van der Waals surface area contributed by atoms with E-state index in [1.165, 1.54) is 4.90 Å². The molecule has 0 aliphatic carbocycles. The van der Waals surface area contributed by atoms with E-state index >= 15 is 0 Å². The minimum Gasteiger partial charge on any atom is -0.339 e. The van der Waals surface area contributed by atoms with Gasteiger partial charge in [0.1, 0.15) is 0 Å². The van der Waals surface area contributed by atoms with Crippen LogP contribution in [0.4, 0.5) is 13.2 Å². The second kappa shape index (κ2) is 6.37. The van der Waals surface area contributed by atoms with Crippen molar-refractivity contribution in [2.24, 2.45) is 0 Å². The quantitative estimate of drug-likeness (QED) is 0.835. The minimum atomic E-state index is -4.85. The highest BCUT2D eigenvalue weighted by atomic mass is 19.4. The highest BCUT2D eigenvalue weighted by Crippen LogP contribution is 2.19. The van der Waals surface area contributed by atoms with E-state index in [1.54, 1.807) is 0 Å². The number of aryl methyl sites for hydroxylation is 1. The van der Waals surface area contributed by atoms with E-state index in [9.17, 15) is 22.8 Å². The van der Waals surface area contributed by atoms with E-state index in [0.717, 1.165) is 16.0 Å². The van der Waals surface area contributed by atoms with Crippen molar-refractivity contribution in [1.29, 1.82) is 0 Å². The summed E-state index contributed by atoms with van der Waals surface area (Å²) in [6.45, 7) is 2.04. The van der Waals surface area contributed by atoms with Gasteiger partial charge in [-0.25, -0.2) is 0 Å². The summed E-state index contributed by atoms with van der Waals surface area (Å²) >= 11 is 0. The highest BCUT2D eigenvalue weighted by molar-refractivity contribution is 5.83. The van der Waals surface area contributed by atoms with Gasteiger partial charge in [-0.3, -0.25) is 9.59 Å². The number of piperazine rings is 1. The number of rotatable bonds is 2. The van der Waals surface area contributed by atoms with E-state index in [4.69, 9.17) is 0 Å². The van der Waals surface area contributed by atoms with Crippen LogP contribution in [-0.4, -0.2) is 54.0 Å². The monoisotopic (exact) mass is 314 g/mol. The van der Waals surface area contributed by atoms with Crippen molar-refractivity contribution >= 4 is 11.8 Å². The first kappa shape index (κ1) is 16.3. The highest BCUT2D eigenvalue weighted by Gasteiger charge is 2.43. The molecule has 0 spiro atoms. The minimum absolute atomic E-state index is 0.0853. The smallest absolute Gasteiger partial charge is 0.339 e. The van der Waals surface area contributed by atoms with E-state index in [1.807, 2.05) is 31.2 Å². The van der Waals surface area contributed by atoms with Crippen LogP contribution >= 0.6 is 0 Å². The second-order valence-electron chi connectivity index (χ2n) is 5.33. The van der Waals surface area contributed by atoms with Crippen molar-refractivity contribution in [1.82, 2.24) is 9.80 Å². The maximum atomic E-state index is 12.3. The molecule has 1 aliphatic rings. The van der Waals surface area contributed by atoms with E-state index in [-0.39, 0.29) is 38.5 Å². The van der Waals surface area contributed by atoms with Gasteiger partial charge in [0.15, 0.2) is 0 Å². The molecule has 0 N–H and O–H groups in total. The van der Waals surface area contributed by atoms with Crippen molar-refractivity contribution in [3.05, 3.63) is 35.4 Å². The Morgan fingerprint density at radius 3 is 2.00 bits per heavy atom. The zero-order chi connectivity index (χ0) is 16.3. The van der Waals surface area contributed by atoms with Gasteiger partial charge in [0.05, 0.1) is 6.42 Å². The lowest BCUT2D eigenvalue weighted by atomic mass is 10.1. The Morgan fingerprint density at radius 2 is 1.50 bits per heavy atom. The number of benzene rings is 1. The molecule has 4 nitrogen and oxygen atoms in total. The molecule has 1 fully saturated rings. The molecule has 22 heavy (non-hydrogen) atoms. The molecule has 0 atom stereocenters. The molecular weight excluding hydrogens is 297 g/mol. The molecule has 2 amide bonds. The third-order valence-corrected chi connectivity index (χ3v) is 3.64. The summed E-state index contributed by atoms with van der Waals surface area (Å²) in [5, 5.41) is 0. The SMILES string of the molecule is Cc1ccc(CC(=O)N2CCN(C(=O)C(F)(F)F)CC2)cc1. The third-order valence-electron chi connectivity index (χ3n) is 3.64. The fourth-order valence-corrected chi connectivity index (χ4v) is 2.33. The van der Waals surface area contributed by atoms with Gasteiger partial charge in [0.25, 0.3) is 0 Å². The summed E-state index contributed by atoms with van der Waals surface area (Å²) in [6.07, 6.45) is -4.64. The zero-order valence-electron chi connectivity index (χ0n) is 12.2. The van der Waals surface area contributed by atoms with Gasteiger partial charge in [0, 0.05) is 26.2 Å². The number of hydrogen-bond acceptors (Lipinski definition) is 2. The van der Waals surface area contributed by atoms with Crippen LogP contribution in [0, 0.1) is 6.92 Å². The van der Waals surface area contributed by atoms with Crippen molar-refractivity contribution in [3.8, 4) is 0 Å². The maximum Gasteiger partial charge on any atom is 0.471 e. The molecule has 120 valence electrons. The number of amides is 2. The van der Waals surface area contributed by atoms with Gasteiger partial charge >= 0.3 is 12.1 Å². The molecule has 2 rings (SSSR count). The summed E-state index contributed by atoms with van der Waals surface area (Å²) < 4.78 is 37.0. The maximum absolute atomic E-state index is 12.3. The molecule has 1 aromatic rings. The summed E-state index contributed by atoms with van der Waals surface area (Å²) in [5.74, 6) is -1.97. The van der Waals surface area contributed by atoms with Crippen LogP contribution < -0.4 is 0 Å². The van der Waals surface area contributed by atoms with Crippen molar-refractivity contribution < 1.29 is 22.8 Å². The van der Waals surface area contributed by atoms with Crippen LogP contribution in [0.2, 0.25) is 0 Å². The lowest BCUT2D eigenvalue weighted by molar-refractivity contribution is -0.187. The van der Waals surface area contributed by atoms with Crippen LogP contribution in [0.25, 0.3) is 0 Å². The lowest BCUT2D eigenvalue weighted by Crippen LogP contribution is -2.53. The van der Waals surface area contributed by atoms with Crippen molar-refractivity contribution in [3.63, 3.8) is 0 Å². The molecule has 1 aromatic carbocycles. The van der Waals surface area contributed by atoms with Crippen LogP contribution in [0.3, 0.4) is 0 Å². The Labute approximate surface area is 126 Å². The van der Waals surface area contributed by atoms with Crippen molar-refractivity contribution in [2.75, 3.05) is 26.2 Å². The van der Waals surface area contributed by atoms with Crippen LogP contribution in [-0.2, 0) is 16.0 Å². The van der Waals surface area contributed by atoms with Crippen LogP contribution in [0.15, 0.2) is 24.3 Å². The predicted octanol–water partition coefficient (Wildman–Crippen LogP) is 1.77. The van der Waals surface area contributed by atoms with Gasteiger partial charge in [-0.1, -0.05) is 29.8 Å². The van der Waals surface area contributed by atoms with Gasteiger partial charge in [0.2, 0.25) is 5.91 Å². The Bertz CT molecular complexity index is 547. The normalized spacial score (nSPS) is 15.8. The lowest BCUT2D eigenvalue weighted by Gasteiger charge is -2.35. The molecule has 0 unspecified atom stereocenters. The molecule has 1 aliphatic heterocycles. The Balaban J connectivity index is 1.87. The first-order chi connectivity index (χ1) is 10.3. The number of alkyl halides is 3. The molecule has 0 radical (unpaired) electrons. The number of nitrogens with zero attached hydrogens (tertiary/aromatic N) is 2. The third kappa shape index (κ3) is 3.99. The Kier molecular flexibility index (Phi) is 4.73. The fourth-order valence-electron chi connectivity index (χ4n) is 2.33. The molecular formula is C15H17F3N2O2. The Morgan fingerprint density at radius 1 is 1.00 bits per heavy atom. The van der Waals surface area contributed by atoms with E-state index in [0.29, 0.717) is 0 Å². The number of halogens is 3. The molecule has 1 saturated heterocycles. The standard InChI is InChI=1S/C15H17F3N2O2/c1-11-2-4-12(5-3-11)10-13(21)19-6-8-20(9-7-19)14(22)15(16,17)18/h2-5H,6-10H2,1H3. The predicted molar refractivity (Wildman–Crippen MR) is 74.1 cm³/mol. The summed E-state index contributed by atoms with van der Waals surface area (Å²) in [5.41, 5.74) is 1.96. The van der Waals surface area contributed by atoms with E-state index < -0.39 is 12.1 Å². The zero-order valence-corrected chi connectivity index (χ0v) is 12.2.